The lowest BCUT2D eigenvalue weighted by Crippen LogP contribution is -2.38. The summed E-state index contributed by atoms with van der Waals surface area (Å²) in [6, 6.07) is 13.9. The Balaban J connectivity index is 1.75. The zero-order valence-corrected chi connectivity index (χ0v) is 17.8. The summed E-state index contributed by atoms with van der Waals surface area (Å²) in [5.74, 6) is -0.712. The second kappa shape index (κ2) is 9.85. The van der Waals surface area contributed by atoms with Crippen molar-refractivity contribution >= 4 is 17.5 Å². The van der Waals surface area contributed by atoms with Crippen LogP contribution < -0.4 is 10.6 Å². The predicted octanol–water partition coefficient (Wildman–Crippen LogP) is 4.23. The van der Waals surface area contributed by atoms with Gasteiger partial charge in [0.25, 0.3) is 5.91 Å². The molecule has 2 aromatic rings. The molecule has 1 fully saturated rings. The van der Waals surface area contributed by atoms with Gasteiger partial charge in [0.1, 0.15) is 5.82 Å². The maximum Gasteiger partial charge on any atom is 0.253 e. The van der Waals surface area contributed by atoms with Crippen molar-refractivity contribution in [1.82, 2.24) is 10.2 Å². The average Bonchev–Trinajstić information content (AvgIpc) is 3.49. The van der Waals surface area contributed by atoms with Crippen molar-refractivity contribution in [2.24, 2.45) is 11.8 Å². The highest BCUT2D eigenvalue weighted by Gasteiger charge is 2.39. The zero-order valence-electron chi connectivity index (χ0n) is 17.8. The largest absolute Gasteiger partial charge is 0.350 e. The number of hydrogen-bond acceptors (Lipinski definition) is 3. The molecule has 2 amide bonds. The van der Waals surface area contributed by atoms with E-state index < -0.39 is 11.7 Å². The first-order valence-electron chi connectivity index (χ1n) is 10.6. The molecule has 2 aromatic carbocycles. The minimum absolute atomic E-state index is 0.00376. The van der Waals surface area contributed by atoms with Crippen LogP contribution in [0.1, 0.15) is 49.2 Å². The summed E-state index contributed by atoms with van der Waals surface area (Å²) >= 11 is 0. The van der Waals surface area contributed by atoms with E-state index >= 15 is 0 Å². The number of nitrogens with one attached hydrogen (secondary N) is 2. The molecule has 0 saturated heterocycles. The highest BCUT2D eigenvalue weighted by Crippen LogP contribution is 2.38. The van der Waals surface area contributed by atoms with Gasteiger partial charge in [-0.25, -0.2) is 4.39 Å². The molecule has 160 valence electrons. The third-order valence-corrected chi connectivity index (χ3v) is 5.82. The van der Waals surface area contributed by atoms with E-state index in [1.807, 2.05) is 37.3 Å². The predicted molar refractivity (Wildman–Crippen MR) is 117 cm³/mol. The number of anilines is 1. The van der Waals surface area contributed by atoms with Gasteiger partial charge in [0.05, 0.1) is 17.3 Å². The fourth-order valence-corrected chi connectivity index (χ4v) is 3.81. The Morgan fingerprint density at radius 3 is 2.40 bits per heavy atom. The van der Waals surface area contributed by atoms with E-state index in [4.69, 9.17) is 0 Å². The first-order valence-corrected chi connectivity index (χ1v) is 10.6. The molecule has 3 rings (SSSR count). The molecule has 0 radical (unpaired) electrons. The maximum absolute atomic E-state index is 13.9. The smallest absolute Gasteiger partial charge is 0.253 e. The van der Waals surface area contributed by atoms with Gasteiger partial charge in [0.15, 0.2) is 0 Å². The SMILES string of the molecule is CCN(CC)C(CNC(=O)c1cc(F)ccc1NC(=O)C1CC1C)c1ccccc1. The van der Waals surface area contributed by atoms with Crippen LogP contribution in [0.2, 0.25) is 0 Å². The van der Waals surface area contributed by atoms with E-state index in [1.54, 1.807) is 0 Å². The average molecular weight is 412 g/mol. The molecular formula is C24H30FN3O2. The van der Waals surface area contributed by atoms with Gasteiger partial charge in [-0.1, -0.05) is 51.1 Å². The van der Waals surface area contributed by atoms with Crippen molar-refractivity contribution in [3.63, 3.8) is 0 Å². The molecule has 6 heteroatoms. The number of likely N-dealkylation sites (N-methyl/N-ethyl adjacent to an activating group) is 1. The molecule has 3 atom stereocenters. The van der Waals surface area contributed by atoms with Crippen LogP contribution in [0, 0.1) is 17.7 Å². The molecule has 0 aromatic heterocycles. The van der Waals surface area contributed by atoms with E-state index in [1.165, 1.54) is 18.2 Å². The van der Waals surface area contributed by atoms with Gasteiger partial charge in [0, 0.05) is 12.5 Å². The molecule has 5 nitrogen and oxygen atoms in total. The van der Waals surface area contributed by atoms with E-state index in [-0.39, 0.29) is 23.4 Å². The third-order valence-electron chi connectivity index (χ3n) is 5.82. The van der Waals surface area contributed by atoms with Gasteiger partial charge in [0.2, 0.25) is 5.91 Å². The topological polar surface area (TPSA) is 61.4 Å². The molecule has 3 unspecified atom stereocenters. The second-order valence-corrected chi connectivity index (χ2v) is 7.86. The lowest BCUT2D eigenvalue weighted by molar-refractivity contribution is -0.117. The van der Waals surface area contributed by atoms with Gasteiger partial charge in [-0.05, 0) is 49.2 Å². The first-order chi connectivity index (χ1) is 14.4. The molecule has 0 spiro atoms. The van der Waals surface area contributed by atoms with Crippen LogP contribution in [0.4, 0.5) is 10.1 Å². The Morgan fingerprint density at radius 1 is 1.13 bits per heavy atom. The summed E-state index contributed by atoms with van der Waals surface area (Å²) in [6.45, 7) is 8.24. The van der Waals surface area contributed by atoms with Crippen LogP contribution >= 0.6 is 0 Å². The molecule has 1 aliphatic rings. The van der Waals surface area contributed by atoms with Gasteiger partial charge < -0.3 is 10.6 Å². The van der Waals surface area contributed by atoms with Gasteiger partial charge in [-0.3, -0.25) is 14.5 Å². The summed E-state index contributed by atoms with van der Waals surface area (Å²) in [7, 11) is 0. The Hall–Kier alpha value is -2.73. The first kappa shape index (κ1) is 22.0. The summed E-state index contributed by atoms with van der Waals surface area (Å²) < 4.78 is 13.9. The van der Waals surface area contributed by atoms with Crippen LogP contribution in [0.15, 0.2) is 48.5 Å². The summed E-state index contributed by atoms with van der Waals surface area (Å²) in [4.78, 5) is 27.5. The second-order valence-electron chi connectivity index (χ2n) is 7.86. The number of amides is 2. The van der Waals surface area contributed by atoms with Crippen molar-refractivity contribution in [2.45, 2.75) is 33.2 Å². The van der Waals surface area contributed by atoms with Gasteiger partial charge in [-0.15, -0.1) is 0 Å². The van der Waals surface area contributed by atoms with Crippen molar-refractivity contribution in [3.8, 4) is 0 Å². The van der Waals surface area contributed by atoms with Crippen LogP contribution in [-0.4, -0.2) is 36.3 Å². The molecule has 0 heterocycles. The molecule has 0 aliphatic heterocycles. The van der Waals surface area contributed by atoms with E-state index in [2.05, 4.69) is 29.4 Å². The highest BCUT2D eigenvalue weighted by molar-refractivity contribution is 6.04. The minimum Gasteiger partial charge on any atom is -0.350 e. The van der Waals surface area contributed by atoms with Gasteiger partial charge >= 0.3 is 0 Å². The molecule has 0 bridgehead atoms. The van der Waals surface area contributed by atoms with Crippen molar-refractivity contribution in [2.75, 3.05) is 25.0 Å². The number of nitrogens with zero attached hydrogens (tertiary/aromatic N) is 1. The Bertz CT molecular complexity index is 883. The molecule has 1 saturated carbocycles. The Morgan fingerprint density at radius 2 is 1.80 bits per heavy atom. The Kier molecular flexibility index (Phi) is 7.21. The van der Waals surface area contributed by atoms with Crippen molar-refractivity contribution in [1.29, 1.82) is 0 Å². The van der Waals surface area contributed by atoms with Crippen LogP contribution in [0.5, 0.6) is 0 Å². The number of carbonyl (C=O) groups excluding carboxylic acids is 2. The fourth-order valence-electron chi connectivity index (χ4n) is 3.81. The van der Waals surface area contributed by atoms with Crippen molar-refractivity contribution < 1.29 is 14.0 Å². The lowest BCUT2D eigenvalue weighted by Gasteiger charge is -2.30. The standard InChI is InChI=1S/C24H30FN3O2/c1-4-28(5-2)22(17-9-7-6-8-10-17)15-26-23(29)20-14-18(25)11-12-21(20)27-24(30)19-13-16(19)3/h6-12,14,16,19,22H,4-5,13,15H2,1-3H3,(H,26,29)(H,27,30). The van der Waals surface area contributed by atoms with Crippen molar-refractivity contribution in [3.05, 3.63) is 65.5 Å². The third kappa shape index (κ3) is 5.25. The summed E-state index contributed by atoms with van der Waals surface area (Å²) in [6.07, 6.45) is 0.844. The van der Waals surface area contributed by atoms with Gasteiger partial charge in [-0.2, -0.15) is 0 Å². The summed E-state index contributed by atoms with van der Waals surface area (Å²) in [5.41, 5.74) is 1.59. The molecular weight excluding hydrogens is 381 g/mol. The summed E-state index contributed by atoms with van der Waals surface area (Å²) in [5, 5.41) is 5.74. The number of halogens is 1. The highest BCUT2D eigenvalue weighted by atomic mass is 19.1. The maximum atomic E-state index is 13.9. The monoisotopic (exact) mass is 411 g/mol. The number of hydrogen-bond donors (Lipinski definition) is 2. The minimum atomic E-state index is -0.513. The zero-order chi connectivity index (χ0) is 21.7. The normalized spacial score (nSPS) is 18.7. The molecule has 1 aliphatic carbocycles. The molecule has 30 heavy (non-hydrogen) atoms. The number of benzene rings is 2. The fraction of sp³-hybridized carbons (Fsp3) is 0.417. The Labute approximate surface area is 177 Å². The van der Waals surface area contributed by atoms with E-state index in [0.29, 0.717) is 18.2 Å². The van der Waals surface area contributed by atoms with Crippen LogP contribution in [0.3, 0.4) is 0 Å². The number of rotatable bonds is 9. The lowest BCUT2D eigenvalue weighted by atomic mass is 10.0. The van der Waals surface area contributed by atoms with E-state index in [0.717, 1.165) is 25.1 Å². The van der Waals surface area contributed by atoms with Crippen LogP contribution in [-0.2, 0) is 4.79 Å². The van der Waals surface area contributed by atoms with E-state index in [9.17, 15) is 14.0 Å². The van der Waals surface area contributed by atoms with Crippen LogP contribution in [0.25, 0.3) is 0 Å². The molecule has 2 N–H and O–H groups in total. The quantitative estimate of drug-likeness (QED) is 0.649. The number of carbonyl (C=O) groups is 2.